The summed E-state index contributed by atoms with van der Waals surface area (Å²) in [6, 6.07) is 7.27. The van der Waals surface area contributed by atoms with E-state index in [-0.39, 0.29) is 11.8 Å². The van der Waals surface area contributed by atoms with E-state index in [0.717, 1.165) is 25.7 Å². The third-order valence-corrected chi connectivity index (χ3v) is 4.25. The Morgan fingerprint density at radius 2 is 2.04 bits per heavy atom. The molecule has 0 radical (unpaired) electrons. The number of benzene rings is 1. The highest BCUT2D eigenvalue weighted by Gasteiger charge is 2.48. The highest BCUT2D eigenvalue weighted by molar-refractivity contribution is 5.98. The summed E-state index contributed by atoms with van der Waals surface area (Å²) in [7, 11) is 0. The van der Waals surface area contributed by atoms with Crippen LogP contribution >= 0.6 is 0 Å². The third-order valence-electron chi connectivity index (χ3n) is 4.25. The third kappa shape index (κ3) is 4.27. The number of rotatable bonds is 9. The first kappa shape index (κ1) is 18.3. The van der Waals surface area contributed by atoms with Gasteiger partial charge in [-0.05, 0) is 56.7 Å². The number of carbonyl (C=O) groups excluding carboxylic acids is 1. The number of nitrogens with zero attached hydrogens (tertiary/aromatic N) is 1. The van der Waals surface area contributed by atoms with Crippen molar-refractivity contribution in [3.8, 4) is 11.8 Å². The summed E-state index contributed by atoms with van der Waals surface area (Å²) < 4.78 is 11.4. The summed E-state index contributed by atoms with van der Waals surface area (Å²) in [5, 5.41) is 12.2. The van der Waals surface area contributed by atoms with E-state index in [9.17, 15) is 10.1 Å². The van der Waals surface area contributed by atoms with Crippen LogP contribution in [0.25, 0.3) is 0 Å². The Bertz CT molecular complexity index is 620. The second-order valence-electron chi connectivity index (χ2n) is 6.35. The van der Waals surface area contributed by atoms with Crippen LogP contribution in [0.3, 0.4) is 0 Å². The number of hydrogen-bond donors (Lipinski definition) is 1. The second-order valence-corrected chi connectivity index (χ2v) is 6.35. The maximum absolute atomic E-state index is 12.8. The summed E-state index contributed by atoms with van der Waals surface area (Å²) in [4.78, 5) is 12.8. The van der Waals surface area contributed by atoms with E-state index in [2.05, 4.69) is 11.4 Å². The van der Waals surface area contributed by atoms with Gasteiger partial charge in [-0.1, -0.05) is 13.8 Å². The highest BCUT2D eigenvalue weighted by Crippen LogP contribution is 2.42. The number of hydrogen-bond acceptors (Lipinski definition) is 4. The number of nitrogens with one attached hydrogen (secondary N) is 1. The van der Waals surface area contributed by atoms with Gasteiger partial charge in [0.25, 0.3) is 5.91 Å². The molecule has 1 amide bonds. The standard InChI is InChI=1S/C19H26N2O3/c1-4-10-23-16-8-9-17(14(12-16)13-20)21-18(22)19(3,15-6-7-15)24-11-5-2/h8-9,12,15H,4-7,10-11H2,1-3H3,(H,21,22)/t19-/m1/s1. The van der Waals surface area contributed by atoms with Crippen molar-refractivity contribution in [2.75, 3.05) is 18.5 Å². The van der Waals surface area contributed by atoms with Gasteiger partial charge in [0.15, 0.2) is 0 Å². The molecular formula is C19H26N2O3. The Morgan fingerprint density at radius 1 is 1.33 bits per heavy atom. The first-order valence-electron chi connectivity index (χ1n) is 8.67. The lowest BCUT2D eigenvalue weighted by Gasteiger charge is -2.29. The largest absolute Gasteiger partial charge is 0.494 e. The normalized spacial score (nSPS) is 16.1. The zero-order valence-corrected chi connectivity index (χ0v) is 14.7. The summed E-state index contributed by atoms with van der Waals surface area (Å²) in [6.45, 7) is 7.04. The molecule has 1 fully saturated rings. The van der Waals surface area contributed by atoms with Gasteiger partial charge in [0.2, 0.25) is 0 Å². The van der Waals surface area contributed by atoms with Gasteiger partial charge in [-0.25, -0.2) is 0 Å². The number of carbonyl (C=O) groups is 1. The van der Waals surface area contributed by atoms with E-state index >= 15 is 0 Å². The molecule has 130 valence electrons. The number of amides is 1. The fraction of sp³-hybridized carbons (Fsp3) is 0.579. The first-order valence-corrected chi connectivity index (χ1v) is 8.67. The zero-order chi connectivity index (χ0) is 17.6. The molecule has 0 saturated heterocycles. The maximum Gasteiger partial charge on any atom is 0.256 e. The predicted octanol–water partition coefficient (Wildman–Crippen LogP) is 3.88. The topological polar surface area (TPSA) is 71.3 Å². The minimum atomic E-state index is -0.833. The maximum atomic E-state index is 12.8. The van der Waals surface area contributed by atoms with E-state index in [1.165, 1.54) is 0 Å². The van der Waals surface area contributed by atoms with Crippen LogP contribution in [0.2, 0.25) is 0 Å². The molecule has 1 aromatic rings. The zero-order valence-electron chi connectivity index (χ0n) is 14.7. The lowest BCUT2D eigenvalue weighted by atomic mass is 9.98. The summed E-state index contributed by atoms with van der Waals surface area (Å²) in [5.74, 6) is 0.706. The van der Waals surface area contributed by atoms with E-state index < -0.39 is 5.60 Å². The Kier molecular flexibility index (Phi) is 6.22. The van der Waals surface area contributed by atoms with Crippen LogP contribution in [0.1, 0.15) is 52.0 Å². The van der Waals surface area contributed by atoms with Crippen LogP contribution in [0.5, 0.6) is 5.75 Å². The molecule has 24 heavy (non-hydrogen) atoms. The SMILES string of the molecule is CCCOc1ccc(NC(=O)[C@](C)(OCCC)C2CC2)c(C#N)c1. The molecule has 1 N–H and O–H groups in total. The fourth-order valence-corrected chi connectivity index (χ4v) is 2.60. The molecule has 0 aromatic heterocycles. The molecule has 1 atom stereocenters. The summed E-state index contributed by atoms with van der Waals surface area (Å²) in [5.41, 5.74) is 0.0593. The van der Waals surface area contributed by atoms with Crippen LogP contribution in [0.15, 0.2) is 18.2 Å². The van der Waals surface area contributed by atoms with E-state index in [4.69, 9.17) is 9.47 Å². The van der Waals surface area contributed by atoms with Crippen molar-refractivity contribution < 1.29 is 14.3 Å². The van der Waals surface area contributed by atoms with Gasteiger partial charge in [0.05, 0.1) is 17.9 Å². The monoisotopic (exact) mass is 330 g/mol. The molecule has 1 aliphatic rings. The van der Waals surface area contributed by atoms with Crippen molar-refractivity contribution in [2.24, 2.45) is 5.92 Å². The van der Waals surface area contributed by atoms with Gasteiger partial charge in [0.1, 0.15) is 17.4 Å². The smallest absolute Gasteiger partial charge is 0.256 e. The Balaban J connectivity index is 2.13. The van der Waals surface area contributed by atoms with Gasteiger partial charge in [-0.15, -0.1) is 0 Å². The van der Waals surface area contributed by atoms with Crippen molar-refractivity contribution in [1.82, 2.24) is 0 Å². The Hall–Kier alpha value is -2.06. The number of anilines is 1. The van der Waals surface area contributed by atoms with E-state index in [1.54, 1.807) is 18.2 Å². The molecule has 5 nitrogen and oxygen atoms in total. The first-order chi connectivity index (χ1) is 11.5. The fourth-order valence-electron chi connectivity index (χ4n) is 2.60. The van der Waals surface area contributed by atoms with Crippen molar-refractivity contribution in [1.29, 1.82) is 5.26 Å². The molecule has 5 heteroatoms. The average Bonchev–Trinajstić information content (AvgIpc) is 3.44. The highest BCUT2D eigenvalue weighted by atomic mass is 16.5. The lowest BCUT2D eigenvalue weighted by Crippen LogP contribution is -2.45. The number of nitriles is 1. The van der Waals surface area contributed by atoms with Crippen LogP contribution in [0, 0.1) is 17.2 Å². The molecular weight excluding hydrogens is 304 g/mol. The minimum Gasteiger partial charge on any atom is -0.494 e. The molecule has 0 heterocycles. The molecule has 1 saturated carbocycles. The predicted molar refractivity (Wildman–Crippen MR) is 92.9 cm³/mol. The van der Waals surface area contributed by atoms with Crippen molar-refractivity contribution in [3.05, 3.63) is 23.8 Å². The average molecular weight is 330 g/mol. The summed E-state index contributed by atoms with van der Waals surface area (Å²) in [6.07, 6.45) is 3.77. The van der Waals surface area contributed by atoms with Crippen LogP contribution in [-0.2, 0) is 9.53 Å². The van der Waals surface area contributed by atoms with E-state index in [1.807, 2.05) is 20.8 Å². The van der Waals surface area contributed by atoms with Gasteiger partial charge >= 0.3 is 0 Å². The van der Waals surface area contributed by atoms with Crippen LogP contribution in [0.4, 0.5) is 5.69 Å². The molecule has 0 aliphatic heterocycles. The molecule has 1 aliphatic carbocycles. The second kappa shape index (κ2) is 8.16. The summed E-state index contributed by atoms with van der Waals surface area (Å²) >= 11 is 0. The molecule has 2 rings (SSSR count). The van der Waals surface area contributed by atoms with Gasteiger partial charge < -0.3 is 14.8 Å². The Labute approximate surface area is 144 Å². The van der Waals surface area contributed by atoms with E-state index in [0.29, 0.717) is 30.2 Å². The quantitative estimate of drug-likeness (QED) is 0.746. The van der Waals surface area contributed by atoms with Crippen molar-refractivity contribution >= 4 is 11.6 Å². The Morgan fingerprint density at radius 3 is 2.62 bits per heavy atom. The number of ether oxygens (including phenoxy) is 2. The van der Waals surface area contributed by atoms with Crippen LogP contribution in [-0.4, -0.2) is 24.7 Å². The van der Waals surface area contributed by atoms with Gasteiger partial charge in [0, 0.05) is 6.61 Å². The van der Waals surface area contributed by atoms with Crippen LogP contribution < -0.4 is 10.1 Å². The van der Waals surface area contributed by atoms with Gasteiger partial charge in [-0.3, -0.25) is 4.79 Å². The van der Waals surface area contributed by atoms with Gasteiger partial charge in [-0.2, -0.15) is 5.26 Å². The molecule has 0 unspecified atom stereocenters. The lowest BCUT2D eigenvalue weighted by molar-refractivity contribution is -0.142. The van der Waals surface area contributed by atoms with Crippen molar-refractivity contribution in [2.45, 2.75) is 52.1 Å². The molecule has 0 bridgehead atoms. The molecule has 1 aromatic carbocycles. The molecule has 0 spiro atoms. The van der Waals surface area contributed by atoms with Crippen molar-refractivity contribution in [3.63, 3.8) is 0 Å². The minimum absolute atomic E-state index is 0.183.